The van der Waals surface area contributed by atoms with Gasteiger partial charge in [-0.3, -0.25) is 0 Å². The Labute approximate surface area is 99.0 Å². The summed E-state index contributed by atoms with van der Waals surface area (Å²) in [6.07, 6.45) is 0. The van der Waals surface area contributed by atoms with Crippen LogP contribution in [0.5, 0.6) is 0 Å². The minimum atomic E-state index is -2.56. The summed E-state index contributed by atoms with van der Waals surface area (Å²) < 4.78 is 10.7. The summed E-state index contributed by atoms with van der Waals surface area (Å²) in [5, 5.41) is 0.464. The van der Waals surface area contributed by atoms with Crippen LogP contribution in [0.15, 0.2) is 18.2 Å². The van der Waals surface area contributed by atoms with E-state index < -0.39 is 32.6 Å². The molecular weight excluding hydrogens is 334 g/mol. The molecule has 0 amide bonds. The molecule has 0 saturated carbocycles. The van der Waals surface area contributed by atoms with Gasteiger partial charge >= 0.3 is 99.2 Å². The Bertz CT molecular complexity index is 446. The van der Waals surface area contributed by atoms with E-state index in [-0.39, 0.29) is 0 Å². The second kappa shape index (κ2) is 3.97. The maximum absolute atomic E-state index is 11.4. The number of halogens is 2. The van der Waals surface area contributed by atoms with Crippen LogP contribution in [0.3, 0.4) is 0 Å². The number of fused-ring (bicyclic) bond motifs is 1. The Hall–Kier alpha value is -0.820. The third-order valence-corrected chi connectivity index (χ3v) is 5.58. The topological polar surface area (TPSA) is 52.6 Å². The van der Waals surface area contributed by atoms with Gasteiger partial charge in [0.25, 0.3) is 0 Å². The van der Waals surface area contributed by atoms with Gasteiger partial charge in [-0.25, -0.2) is 0 Å². The zero-order chi connectivity index (χ0) is 11.0. The fourth-order valence-corrected chi connectivity index (χ4v) is 4.32. The summed E-state index contributed by atoms with van der Waals surface area (Å²) in [5.74, 6) is -0.894. The SMILES string of the molecule is CC(=O)OI1OC(=O)c2cc(Cl)ccc21. The molecule has 80 valence electrons. The van der Waals surface area contributed by atoms with Crippen molar-refractivity contribution in [2.45, 2.75) is 6.92 Å². The standard InChI is InChI=1S/C9H6ClIO4/c1-5(12)14-11-8-3-2-6(10)4-7(8)9(13)15-11/h2-4H,1H3. The molecule has 0 N–H and O–H groups in total. The summed E-state index contributed by atoms with van der Waals surface area (Å²) in [6.45, 7) is 1.29. The van der Waals surface area contributed by atoms with Crippen LogP contribution in [0, 0.1) is 3.57 Å². The first kappa shape index (κ1) is 10.7. The summed E-state index contributed by atoms with van der Waals surface area (Å²) >= 11 is 3.19. The van der Waals surface area contributed by atoms with Crippen molar-refractivity contribution >= 4 is 44.2 Å². The Kier molecular flexibility index (Phi) is 2.83. The summed E-state index contributed by atoms with van der Waals surface area (Å²) in [4.78, 5) is 22.2. The van der Waals surface area contributed by atoms with E-state index in [0.717, 1.165) is 0 Å². The molecule has 15 heavy (non-hydrogen) atoms. The molecule has 1 aromatic rings. The number of hydrogen-bond acceptors (Lipinski definition) is 4. The van der Waals surface area contributed by atoms with Crippen LogP contribution < -0.4 is 0 Å². The van der Waals surface area contributed by atoms with E-state index in [0.29, 0.717) is 14.2 Å². The van der Waals surface area contributed by atoms with E-state index >= 15 is 0 Å². The van der Waals surface area contributed by atoms with Crippen molar-refractivity contribution in [2.24, 2.45) is 0 Å². The van der Waals surface area contributed by atoms with E-state index in [9.17, 15) is 9.59 Å². The van der Waals surface area contributed by atoms with Crippen LogP contribution in [0.1, 0.15) is 17.3 Å². The normalized spacial score (nSPS) is 15.9. The first-order chi connectivity index (χ1) is 7.08. The van der Waals surface area contributed by atoms with Crippen molar-refractivity contribution < 1.29 is 15.7 Å². The first-order valence-corrected chi connectivity index (χ1v) is 7.21. The zero-order valence-electron chi connectivity index (χ0n) is 7.62. The molecule has 0 atom stereocenters. The number of carbonyl (C=O) groups is 2. The third kappa shape index (κ3) is 2.07. The molecule has 2 rings (SSSR count). The number of benzene rings is 1. The van der Waals surface area contributed by atoms with Crippen molar-refractivity contribution in [1.29, 1.82) is 0 Å². The second-order valence-corrected chi connectivity index (χ2v) is 6.49. The van der Waals surface area contributed by atoms with Gasteiger partial charge in [-0.1, -0.05) is 0 Å². The van der Waals surface area contributed by atoms with Gasteiger partial charge in [0.2, 0.25) is 0 Å². The first-order valence-electron chi connectivity index (χ1n) is 3.99. The number of rotatable bonds is 1. The zero-order valence-corrected chi connectivity index (χ0v) is 10.5. The predicted molar refractivity (Wildman–Crippen MR) is 61.4 cm³/mol. The molecule has 0 bridgehead atoms. The Morgan fingerprint density at radius 1 is 1.53 bits per heavy atom. The molecule has 0 radical (unpaired) electrons. The van der Waals surface area contributed by atoms with Crippen molar-refractivity contribution in [1.82, 2.24) is 0 Å². The molecular formula is C9H6ClIO4. The van der Waals surface area contributed by atoms with Crippen LogP contribution >= 0.6 is 32.3 Å². The van der Waals surface area contributed by atoms with E-state index in [4.69, 9.17) is 17.7 Å². The van der Waals surface area contributed by atoms with E-state index in [2.05, 4.69) is 0 Å². The van der Waals surface area contributed by atoms with E-state index in [1.807, 2.05) is 0 Å². The summed E-state index contributed by atoms with van der Waals surface area (Å²) in [6, 6.07) is 4.85. The van der Waals surface area contributed by atoms with Crippen molar-refractivity contribution in [3.63, 3.8) is 0 Å². The van der Waals surface area contributed by atoms with Gasteiger partial charge in [-0.05, 0) is 0 Å². The number of carbonyl (C=O) groups excluding carboxylic acids is 2. The second-order valence-electron chi connectivity index (χ2n) is 2.77. The molecule has 0 unspecified atom stereocenters. The molecule has 0 aliphatic carbocycles. The van der Waals surface area contributed by atoms with Crippen LogP contribution in [-0.4, -0.2) is 11.9 Å². The fourth-order valence-electron chi connectivity index (χ4n) is 1.09. The van der Waals surface area contributed by atoms with Crippen LogP contribution in [0.4, 0.5) is 0 Å². The minimum absolute atomic E-state index is 0.411. The monoisotopic (exact) mass is 340 g/mol. The van der Waals surface area contributed by atoms with Crippen LogP contribution in [0.25, 0.3) is 0 Å². The molecule has 1 aliphatic heterocycles. The summed E-state index contributed by atoms with van der Waals surface area (Å²) in [7, 11) is 0. The fraction of sp³-hybridized carbons (Fsp3) is 0.111. The van der Waals surface area contributed by atoms with Gasteiger partial charge in [0, 0.05) is 0 Å². The van der Waals surface area contributed by atoms with Crippen LogP contribution in [-0.2, 0) is 10.9 Å². The molecule has 6 heteroatoms. The average molecular weight is 341 g/mol. The summed E-state index contributed by atoms with van der Waals surface area (Å²) in [5.41, 5.74) is 0.411. The molecule has 1 heterocycles. The maximum atomic E-state index is 11.4. The predicted octanol–water partition coefficient (Wildman–Crippen LogP) is 2.58. The van der Waals surface area contributed by atoms with Crippen LogP contribution in [0.2, 0.25) is 5.02 Å². The molecule has 1 aliphatic rings. The van der Waals surface area contributed by atoms with Gasteiger partial charge in [0.15, 0.2) is 0 Å². The van der Waals surface area contributed by atoms with Crippen molar-refractivity contribution in [3.05, 3.63) is 32.4 Å². The van der Waals surface area contributed by atoms with Crippen molar-refractivity contribution in [3.8, 4) is 0 Å². The van der Waals surface area contributed by atoms with Gasteiger partial charge < -0.3 is 0 Å². The van der Waals surface area contributed by atoms with Gasteiger partial charge in [-0.15, -0.1) is 0 Å². The van der Waals surface area contributed by atoms with E-state index in [1.165, 1.54) is 13.0 Å². The molecule has 0 saturated heterocycles. The molecule has 0 fully saturated rings. The Morgan fingerprint density at radius 3 is 2.93 bits per heavy atom. The van der Waals surface area contributed by atoms with Gasteiger partial charge in [0.1, 0.15) is 0 Å². The molecule has 4 nitrogen and oxygen atoms in total. The quantitative estimate of drug-likeness (QED) is 0.737. The Balaban J connectivity index is 2.38. The van der Waals surface area contributed by atoms with Gasteiger partial charge in [-0.2, -0.15) is 0 Å². The molecule has 0 spiro atoms. The van der Waals surface area contributed by atoms with E-state index in [1.54, 1.807) is 12.1 Å². The Morgan fingerprint density at radius 2 is 2.27 bits per heavy atom. The van der Waals surface area contributed by atoms with Crippen molar-refractivity contribution in [2.75, 3.05) is 0 Å². The molecule has 1 aromatic carbocycles. The average Bonchev–Trinajstić information content (AvgIpc) is 2.42. The third-order valence-electron chi connectivity index (χ3n) is 1.63. The van der Waals surface area contributed by atoms with Gasteiger partial charge in [0.05, 0.1) is 0 Å². The molecule has 0 aromatic heterocycles. The number of hydrogen-bond donors (Lipinski definition) is 0.